The van der Waals surface area contributed by atoms with Crippen LogP contribution in [-0.4, -0.2) is 66.9 Å². The summed E-state index contributed by atoms with van der Waals surface area (Å²) < 4.78 is 0. The quantitative estimate of drug-likeness (QED) is 0.546. The molecule has 4 amide bonds. The maximum atomic E-state index is 12.7. The second kappa shape index (κ2) is 7.09. The Balaban J connectivity index is 1.95. The molecule has 0 aromatic carbocycles. The molecule has 2 fully saturated rings. The first-order chi connectivity index (χ1) is 10.5. The molecule has 0 atom stereocenters. The third-order valence-corrected chi connectivity index (χ3v) is 4.71. The fraction of sp³-hybridized carbons (Fsp3) is 0.800. The maximum Gasteiger partial charge on any atom is 0.327 e. The van der Waals surface area contributed by atoms with Crippen LogP contribution in [0, 0.1) is 0 Å². The van der Waals surface area contributed by atoms with E-state index in [2.05, 4.69) is 10.6 Å². The highest BCUT2D eigenvalue weighted by Crippen LogP contribution is 2.39. The molecular weight excluding hydrogens is 284 g/mol. The standard InChI is InChI=1S/C15H26N4O3/c1-16-9-6-10-17-12(20)11-19-13(21)15(18(2)14(19)22)7-4-3-5-8-15/h16H,3-11H2,1-2H3,(H,17,20). The van der Waals surface area contributed by atoms with Crippen molar-refractivity contribution < 1.29 is 14.4 Å². The van der Waals surface area contributed by atoms with E-state index in [0.717, 1.165) is 37.1 Å². The van der Waals surface area contributed by atoms with Crippen LogP contribution in [0.25, 0.3) is 0 Å². The van der Waals surface area contributed by atoms with E-state index in [1.807, 2.05) is 7.05 Å². The second-order valence-corrected chi connectivity index (χ2v) is 6.13. The van der Waals surface area contributed by atoms with E-state index in [0.29, 0.717) is 19.4 Å². The van der Waals surface area contributed by atoms with Crippen molar-refractivity contribution >= 4 is 17.8 Å². The van der Waals surface area contributed by atoms with Crippen LogP contribution in [0.15, 0.2) is 0 Å². The summed E-state index contributed by atoms with van der Waals surface area (Å²) in [6.07, 6.45) is 5.22. The van der Waals surface area contributed by atoms with Gasteiger partial charge in [0.05, 0.1) is 0 Å². The molecule has 2 rings (SSSR count). The van der Waals surface area contributed by atoms with Crippen LogP contribution in [0.3, 0.4) is 0 Å². The van der Waals surface area contributed by atoms with Gasteiger partial charge in [-0.05, 0) is 32.9 Å². The summed E-state index contributed by atoms with van der Waals surface area (Å²) in [4.78, 5) is 39.6. The highest BCUT2D eigenvalue weighted by molar-refractivity contribution is 6.08. The molecule has 7 nitrogen and oxygen atoms in total. The number of imide groups is 1. The maximum absolute atomic E-state index is 12.7. The van der Waals surface area contributed by atoms with Crippen molar-refractivity contribution in [1.29, 1.82) is 0 Å². The number of urea groups is 1. The molecule has 0 unspecified atom stereocenters. The number of rotatable bonds is 6. The Morgan fingerprint density at radius 3 is 2.50 bits per heavy atom. The van der Waals surface area contributed by atoms with Gasteiger partial charge in [0.1, 0.15) is 12.1 Å². The lowest BCUT2D eigenvalue weighted by Gasteiger charge is -2.35. The Morgan fingerprint density at radius 2 is 1.86 bits per heavy atom. The lowest BCUT2D eigenvalue weighted by atomic mass is 9.81. The van der Waals surface area contributed by atoms with Gasteiger partial charge in [-0.1, -0.05) is 19.3 Å². The van der Waals surface area contributed by atoms with E-state index in [9.17, 15) is 14.4 Å². The summed E-state index contributed by atoms with van der Waals surface area (Å²) in [5.74, 6) is -0.482. The molecule has 1 spiro atoms. The number of hydrogen-bond acceptors (Lipinski definition) is 4. The van der Waals surface area contributed by atoms with Gasteiger partial charge in [0.2, 0.25) is 5.91 Å². The predicted octanol–water partition coefficient (Wildman–Crippen LogP) is 0.309. The molecule has 2 N–H and O–H groups in total. The number of nitrogens with one attached hydrogen (secondary N) is 2. The van der Waals surface area contributed by atoms with Gasteiger partial charge in [-0.2, -0.15) is 0 Å². The zero-order chi connectivity index (χ0) is 16.2. The van der Waals surface area contributed by atoms with Crippen LogP contribution in [0.2, 0.25) is 0 Å². The minimum absolute atomic E-state index is 0.177. The van der Waals surface area contributed by atoms with Crippen LogP contribution in [-0.2, 0) is 9.59 Å². The molecule has 1 saturated carbocycles. The zero-order valence-corrected chi connectivity index (χ0v) is 13.5. The Hall–Kier alpha value is -1.63. The third kappa shape index (κ3) is 3.09. The SMILES string of the molecule is CNCCCNC(=O)CN1C(=O)N(C)C2(CCCCC2)C1=O. The van der Waals surface area contributed by atoms with Crippen molar-refractivity contribution in [2.45, 2.75) is 44.1 Å². The van der Waals surface area contributed by atoms with E-state index in [4.69, 9.17) is 0 Å². The van der Waals surface area contributed by atoms with Crippen molar-refractivity contribution in [3.63, 3.8) is 0 Å². The van der Waals surface area contributed by atoms with Crippen LogP contribution >= 0.6 is 0 Å². The molecule has 1 saturated heterocycles. The van der Waals surface area contributed by atoms with Gasteiger partial charge >= 0.3 is 6.03 Å². The van der Waals surface area contributed by atoms with Gasteiger partial charge in [0, 0.05) is 13.6 Å². The Morgan fingerprint density at radius 1 is 1.18 bits per heavy atom. The molecule has 0 aromatic rings. The summed E-state index contributed by atoms with van der Waals surface area (Å²) in [7, 11) is 3.53. The Labute approximate surface area is 131 Å². The molecule has 1 heterocycles. The van der Waals surface area contributed by atoms with Crippen LogP contribution in [0.1, 0.15) is 38.5 Å². The first-order valence-electron chi connectivity index (χ1n) is 8.04. The van der Waals surface area contributed by atoms with Crippen LogP contribution < -0.4 is 10.6 Å². The van der Waals surface area contributed by atoms with E-state index >= 15 is 0 Å². The number of hydrogen-bond donors (Lipinski definition) is 2. The number of likely N-dealkylation sites (N-methyl/N-ethyl adjacent to an activating group) is 1. The van der Waals surface area contributed by atoms with Gasteiger partial charge in [0.25, 0.3) is 5.91 Å². The molecular formula is C15H26N4O3. The first kappa shape index (κ1) is 16.7. The highest BCUT2D eigenvalue weighted by atomic mass is 16.2. The molecule has 124 valence electrons. The molecule has 2 aliphatic rings. The number of carbonyl (C=O) groups is 3. The lowest BCUT2D eigenvalue weighted by molar-refractivity contribution is -0.137. The molecule has 7 heteroatoms. The lowest BCUT2D eigenvalue weighted by Crippen LogP contribution is -2.49. The minimum atomic E-state index is -0.707. The van der Waals surface area contributed by atoms with Crippen molar-refractivity contribution in [2.75, 3.05) is 33.7 Å². The van der Waals surface area contributed by atoms with Crippen molar-refractivity contribution in [2.24, 2.45) is 0 Å². The average molecular weight is 310 g/mol. The number of nitrogens with zero attached hydrogens (tertiary/aromatic N) is 2. The van der Waals surface area contributed by atoms with Gasteiger partial charge < -0.3 is 15.5 Å². The Kier molecular flexibility index (Phi) is 5.39. The summed E-state index contributed by atoms with van der Waals surface area (Å²) in [5, 5.41) is 5.74. The van der Waals surface area contributed by atoms with E-state index in [1.54, 1.807) is 11.9 Å². The average Bonchev–Trinajstić information content (AvgIpc) is 2.69. The van der Waals surface area contributed by atoms with Gasteiger partial charge in [-0.15, -0.1) is 0 Å². The minimum Gasteiger partial charge on any atom is -0.354 e. The second-order valence-electron chi connectivity index (χ2n) is 6.13. The molecule has 1 aliphatic carbocycles. The van der Waals surface area contributed by atoms with E-state index in [-0.39, 0.29) is 24.4 Å². The van der Waals surface area contributed by atoms with E-state index in [1.165, 1.54) is 0 Å². The monoisotopic (exact) mass is 310 g/mol. The number of carbonyl (C=O) groups excluding carboxylic acids is 3. The van der Waals surface area contributed by atoms with Crippen molar-refractivity contribution in [1.82, 2.24) is 20.4 Å². The normalized spacial score (nSPS) is 20.8. The van der Waals surface area contributed by atoms with Crippen LogP contribution in [0.4, 0.5) is 4.79 Å². The predicted molar refractivity (Wildman–Crippen MR) is 82.2 cm³/mol. The van der Waals surface area contributed by atoms with Crippen molar-refractivity contribution in [3.8, 4) is 0 Å². The van der Waals surface area contributed by atoms with Crippen molar-refractivity contribution in [3.05, 3.63) is 0 Å². The topological polar surface area (TPSA) is 81.8 Å². The number of amides is 4. The first-order valence-corrected chi connectivity index (χ1v) is 8.04. The molecule has 22 heavy (non-hydrogen) atoms. The summed E-state index contributed by atoms with van der Waals surface area (Å²) >= 11 is 0. The smallest absolute Gasteiger partial charge is 0.327 e. The largest absolute Gasteiger partial charge is 0.354 e. The summed E-state index contributed by atoms with van der Waals surface area (Å²) in [5.41, 5.74) is -0.707. The molecule has 0 radical (unpaired) electrons. The third-order valence-electron chi connectivity index (χ3n) is 4.71. The fourth-order valence-electron chi connectivity index (χ4n) is 3.36. The summed E-state index contributed by atoms with van der Waals surface area (Å²) in [6, 6.07) is -0.350. The summed E-state index contributed by atoms with van der Waals surface area (Å²) in [6.45, 7) is 1.17. The van der Waals surface area contributed by atoms with Gasteiger partial charge in [-0.3, -0.25) is 14.5 Å². The molecule has 1 aliphatic heterocycles. The molecule has 0 bridgehead atoms. The molecule has 0 aromatic heterocycles. The van der Waals surface area contributed by atoms with E-state index < -0.39 is 5.54 Å². The zero-order valence-electron chi connectivity index (χ0n) is 13.5. The highest BCUT2D eigenvalue weighted by Gasteiger charge is 2.55. The fourth-order valence-corrected chi connectivity index (χ4v) is 3.36. The van der Waals surface area contributed by atoms with Crippen LogP contribution in [0.5, 0.6) is 0 Å². The Bertz CT molecular complexity index is 446. The van der Waals surface area contributed by atoms with Gasteiger partial charge in [-0.25, -0.2) is 4.79 Å². The van der Waals surface area contributed by atoms with Gasteiger partial charge in [0.15, 0.2) is 0 Å².